The van der Waals surface area contributed by atoms with Crippen molar-refractivity contribution in [2.24, 2.45) is 0 Å². The molecule has 23 heavy (non-hydrogen) atoms. The Kier molecular flexibility index (Phi) is 5.36. The minimum atomic E-state index is -1.01. The van der Waals surface area contributed by atoms with E-state index in [9.17, 15) is 14.4 Å². The molecule has 1 heterocycles. The summed E-state index contributed by atoms with van der Waals surface area (Å²) in [7, 11) is 0. The maximum Gasteiger partial charge on any atom is 0.303 e. The molecule has 1 aromatic rings. The van der Waals surface area contributed by atoms with Crippen molar-refractivity contribution in [3.05, 3.63) is 23.8 Å². The lowest BCUT2D eigenvalue weighted by atomic mass is 10.0. The van der Waals surface area contributed by atoms with Crippen molar-refractivity contribution in [1.82, 2.24) is 0 Å². The third-order valence-corrected chi connectivity index (χ3v) is 3.77. The minimum absolute atomic E-state index is 0.0612. The normalized spacial score (nSPS) is 16.7. The Labute approximate surface area is 135 Å². The highest BCUT2D eigenvalue weighted by Gasteiger charge is 2.33. The Morgan fingerprint density at radius 3 is 2.61 bits per heavy atom. The minimum Gasteiger partial charge on any atom is -0.481 e. The van der Waals surface area contributed by atoms with Crippen LogP contribution in [0.15, 0.2) is 18.2 Å². The Balaban J connectivity index is 2.31. The maximum absolute atomic E-state index is 12.4. The van der Waals surface area contributed by atoms with Gasteiger partial charge in [-0.15, -0.1) is 0 Å². The lowest BCUT2D eigenvalue weighted by Crippen LogP contribution is -2.46. The van der Waals surface area contributed by atoms with E-state index < -0.39 is 12.1 Å². The second kappa shape index (κ2) is 7.26. The van der Waals surface area contributed by atoms with Crippen LogP contribution in [0.2, 0.25) is 0 Å². The molecule has 6 nitrogen and oxygen atoms in total. The van der Waals surface area contributed by atoms with Crippen LogP contribution in [0.1, 0.15) is 49.9 Å². The van der Waals surface area contributed by atoms with Crippen LogP contribution in [-0.2, 0) is 9.59 Å². The monoisotopic (exact) mass is 319 g/mol. The number of ether oxygens (including phenoxy) is 1. The highest BCUT2D eigenvalue weighted by molar-refractivity contribution is 6.03. The van der Waals surface area contributed by atoms with E-state index in [4.69, 9.17) is 9.84 Å². The summed E-state index contributed by atoms with van der Waals surface area (Å²) in [6.45, 7) is 4.42. The van der Waals surface area contributed by atoms with Gasteiger partial charge < -0.3 is 14.7 Å². The average Bonchev–Trinajstić information content (AvgIpc) is 2.54. The third-order valence-electron chi connectivity index (χ3n) is 3.77. The van der Waals surface area contributed by atoms with E-state index in [0.29, 0.717) is 30.0 Å². The number of benzene rings is 1. The van der Waals surface area contributed by atoms with Crippen LogP contribution in [0.4, 0.5) is 5.69 Å². The first-order valence-electron chi connectivity index (χ1n) is 7.85. The molecule has 2 rings (SSSR count). The van der Waals surface area contributed by atoms with Crippen LogP contribution in [0.25, 0.3) is 0 Å². The molecule has 124 valence electrons. The second-order valence-corrected chi connectivity index (χ2v) is 5.50. The zero-order valence-corrected chi connectivity index (χ0v) is 13.4. The molecule has 6 heteroatoms. The molecular weight excluding hydrogens is 298 g/mol. The first-order valence-corrected chi connectivity index (χ1v) is 7.85. The van der Waals surface area contributed by atoms with Gasteiger partial charge in [-0.3, -0.25) is 14.4 Å². The number of carboxylic acid groups (broad SMARTS) is 1. The van der Waals surface area contributed by atoms with E-state index in [0.717, 1.165) is 6.42 Å². The summed E-state index contributed by atoms with van der Waals surface area (Å²) >= 11 is 0. The van der Waals surface area contributed by atoms with Gasteiger partial charge in [0, 0.05) is 18.5 Å². The SMILES string of the molecule is CCCN1C(=O)C(CC)Oc2ccc(C(=O)CCC(=O)O)cc21. The Bertz CT molecular complexity index is 625. The van der Waals surface area contributed by atoms with Crippen molar-refractivity contribution in [2.45, 2.75) is 45.6 Å². The Hall–Kier alpha value is -2.37. The van der Waals surface area contributed by atoms with Gasteiger partial charge in [0.1, 0.15) is 5.75 Å². The van der Waals surface area contributed by atoms with Gasteiger partial charge in [0.25, 0.3) is 5.91 Å². The van der Waals surface area contributed by atoms with Gasteiger partial charge in [-0.25, -0.2) is 0 Å². The topological polar surface area (TPSA) is 83.9 Å². The number of ketones is 1. The zero-order valence-electron chi connectivity index (χ0n) is 13.4. The number of nitrogens with zero attached hydrogens (tertiary/aromatic N) is 1. The zero-order chi connectivity index (χ0) is 17.0. The van der Waals surface area contributed by atoms with Crippen molar-refractivity contribution >= 4 is 23.3 Å². The third kappa shape index (κ3) is 3.70. The van der Waals surface area contributed by atoms with Crippen molar-refractivity contribution in [3.8, 4) is 5.75 Å². The number of carbonyl (C=O) groups is 3. The molecule has 1 aliphatic heterocycles. The number of Topliss-reactive ketones (excluding diaryl/α,β-unsaturated/α-hetero) is 1. The number of carboxylic acids is 1. The van der Waals surface area contributed by atoms with Gasteiger partial charge in [-0.05, 0) is 31.0 Å². The first kappa shape index (κ1) is 17.0. The Morgan fingerprint density at radius 1 is 1.26 bits per heavy atom. The van der Waals surface area contributed by atoms with E-state index in [1.54, 1.807) is 23.1 Å². The second-order valence-electron chi connectivity index (χ2n) is 5.50. The summed E-state index contributed by atoms with van der Waals surface area (Å²) in [5.74, 6) is -0.776. The summed E-state index contributed by atoms with van der Waals surface area (Å²) in [5, 5.41) is 8.68. The molecule has 1 aromatic carbocycles. The highest BCUT2D eigenvalue weighted by atomic mass is 16.5. The van der Waals surface area contributed by atoms with E-state index in [1.165, 1.54) is 0 Å². The molecule has 0 bridgehead atoms. The fraction of sp³-hybridized carbons (Fsp3) is 0.471. The van der Waals surface area contributed by atoms with Gasteiger partial charge in [0.05, 0.1) is 12.1 Å². The van der Waals surface area contributed by atoms with Gasteiger partial charge in [-0.1, -0.05) is 13.8 Å². The standard InChI is InChI=1S/C17H21NO5/c1-3-9-18-12-10-11(13(19)6-8-16(20)21)5-7-15(12)23-14(4-2)17(18)22/h5,7,10,14H,3-4,6,8-9H2,1-2H3,(H,20,21). The van der Waals surface area contributed by atoms with E-state index >= 15 is 0 Å². The summed E-state index contributed by atoms with van der Waals surface area (Å²) in [6, 6.07) is 4.93. The van der Waals surface area contributed by atoms with Crippen molar-refractivity contribution in [1.29, 1.82) is 0 Å². The van der Waals surface area contributed by atoms with Crippen LogP contribution < -0.4 is 9.64 Å². The van der Waals surface area contributed by atoms with Crippen LogP contribution >= 0.6 is 0 Å². The van der Waals surface area contributed by atoms with Gasteiger partial charge in [0.2, 0.25) is 0 Å². The number of carbonyl (C=O) groups excluding carboxylic acids is 2. The summed E-state index contributed by atoms with van der Waals surface area (Å²) < 4.78 is 5.71. The number of aliphatic carboxylic acids is 1. The van der Waals surface area contributed by atoms with E-state index in [1.807, 2.05) is 13.8 Å². The smallest absolute Gasteiger partial charge is 0.303 e. The Morgan fingerprint density at radius 2 is 2.00 bits per heavy atom. The predicted octanol–water partition coefficient (Wildman–Crippen LogP) is 2.65. The molecule has 1 atom stereocenters. The van der Waals surface area contributed by atoms with Crippen LogP contribution in [0.3, 0.4) is 0 Å². The lowest BCUT2D eigenvalue weighted by molar-refractivity contribution is -0.137. The molecule has 1 unspecified atom stereocenters. The molecule has 1 amide bonds. The van der Waals surface area contributed by atoms with Crippen LogP contribution in [0, 0.1) is 0 Å². The molecule has 0 aromatic heterocycles. The molecule has 0 radical (unpaired) electrons. The van der Waals surface area contributed by atoms with E-state index in [2.05, 4.69) is 0 Å². The van der Waals surface area contributed by atoms with Gasteiger partial charge >= 0.3 is 5.97 Å². The lowest BCUT2D eigenvalue weighted by Gasteiger charge is -2.34. The molecule has 1 N–H and O–H groups in total. The van der Waals surface area contributed by atoms with Crippen molar-refractivity contribution in [3.63, 3.8) is 0 Å². The van der Waals surface area contributed by atoms with Crippen LogP contribution in [0.5, 0.6) is 5.75 Å². The molecular formula is C17H21NO5. The average molecular weight is 319 g/mol. The summed E-state index contributed by atoms with van der Waals surface area (Å²) in [5.41, 5.74) is 0.986. The van der Waals surface area contributed by atoms with Gasteiger partial charge in [-0.2, -0.15) is 0 Å². The van der Waals surface area contributed by atoms with E-state index in [-0.39, 0.29) is 24.5 Å². The predicted molar refractivity (Wildman–Crippen MR) is 85.0 cm³/mol. The largest absolute Gasteiger partial charge is 0.481 e. The number of amides is 1. The molecule has 0 aliphatic carbocycles. The molecule has 0 saturated carbocycles. The molecule has 0 saturated heterocycles. The first-order chi connectivity index (χ1) is 11.0. The number of rotatable bonds is 7. The van der Waals surface area contributed by atoms with Crippen molar-refractivity contribution < 1.29 is 24.2 Å². The fourth-order valence-corrected chi connectivity index (χ4v) is 2.57. The number of hydrogen-bond acceptors (Lipinski definition) is 4. The van der Waals surface area contributed by atoms with Crippen molar-refractivity contribution in [2.75, 3.05) is 11.4 Å². The number of fused-ring (bicyclic) bond motifs is 1. The molecule has 0 spiro atoms. The van der Waals surface area contributed by atoms with Gasteiger partial charge in [0.15, 0.2) is 11.9 Å². The molecule has 0 fully saturated rings. The number of anilines is 1. The number of hydrogen-bond donors (Lipinski definition) is 1. The van der Waals surface area contributed by atoms with Crippen LogP contribution in [-0.4, -0.2) is 35.4 Å². The summed E-state index contributed by atoms with van der Waals surface area (Å²) in [4.78, 5) is 36.8. The fourth-order valence-electron chi connectivity index (χ4n) is 2.57. The summed E-state index contributed by atoms with van der Waals surface area (Å²) in [6.07, 6.45) is 0.606. The highest BCUT2D eigenvalue weighted by Crippen LogP contribution is 2.36. The quantitative estimate of drug-likeness (QED) is 0.781. The molecule has 1 aliphatic rings. The maximum atomic E-state index is 12.4.